The number of aromatic carboxylic acids is 1. The van der Waals surface area contributed by atoms with Gasteiger partial charge in [-0.2, -0.15) is 0 Å². The van der Waals surface area contributed by atoms with E-state index in [1.54, 1.807) is 6.92 Å². The number of benzene rings is 1. The molecule has 0 bridgehead atoms. The Morgan fingerprint density at radius 3 is 1.81 bits per heavy atom. The lowest BCUT2D eigenvalue weighted by Crippen LogP contribution is -2.01. The average molecular weight is 440 g/mol. The van der Waals surface area contributed by atoms with Crippen molar-refractivity contribution in [1.29, 1.82) is 0 Å². The van der Waals surface area contributed by atoms with E-state index in [9.17, 15) is 30.1 Å². The van der Waals surface area contributed by atoms with Crippen molar-refractivity contribution < 1.29 is 29.2 Å². The van der Waals surface area contributed by atoms with E-state index in [2.05, 4.69) is 19.7 Å². The molecule has 0 unspecified atom stereocenters. The number of carbonyl (C=O) groups is 1. The van der Waals surface area contributed by atoms with Crippen molar-refractivity contribution in [2.75, 3.05) is 0 Å². The molecule has 10 heteroatoms. The zero-order valence-electron chi connectivity index (χ0n) is 17.1. The summed E-state index contributed by atoms with van der Waals surface area (Å²) in [6.07, 6.45) is 9.09. The van der Waals surface area contributed by atoms with Gasteiger partial charge in [-0.25, -0.2) is 4.79 Å². The predicted octanol–water partition coefficient (Wildman–Crippen LogP) is 4.81. The van der Waals surface area contributed by atoms with E-state index in [0.717, 1.165) is 12.2 Å². The molecule has 0 aromatic heterocycles. The molecular formula is C22H20N2O8. The fourth-order valence-corrected chi connectivity index (χ4v) is 1.99. The summed E-state index contributed by atoms with van der Waals surface area (Å²) in [5, 5.41) is 30.7. The van der Waals surface area contributed by atoms with Crippen LogP contribution < -0.4 is 9.47 Å². The fraction of sp³-hybridized carbons (Fsp3) is 0.0455. The van der Waals surface area contributed by atoms with Gasteiger partial charge in [-0.05, 0) is 56.5 Å². The van der Waals surface area contributed by atoms with Gasteiger partial charge in [-0.3, -0.25) is 20.2 Å². The monoisotopic (exact) mass is 440 g/mol. The molecule has 0 spiro atoms. The van der Waals surface area contributed by atoms with E-state index < -0.39 is 15.8 Å². The molecule has 1 aromatic carbocycles. The molecule has 1 N–H and O–H groups in total. The minimum absolute atomic E-state index is 0.0542. The highest BCUT2D eigenvalue weighted by atomic mass is 16.6. The number of ether oxygens (including phenoxy) is 2. The van der Waals surface area contributed by atoms with Gasteiger partial charge >= 0.3 is 5.97 Å². The Kier molecular flexibility index (Phi) is 9.55. The lowest BCUT2D eigenvalue weighted by molar-refractivity contribution is -0.418. The Morgan fingerprint density at radius 1 is 0.938 bits per heavy atom. The lowest BCUT2D eigenvalue weighted by atomic mass is 10.2. The molecular weight excluding hydrogens is 420 g/mol. The van der Waals surface area contributed by atoms with Crippen molar-refractivity contribution in [3.8, 4) is 11.5 Å². The normalized spacial score (nSPS) is 11.9. The first-order chi connectivity index (χ1) is 15.1. The highest BCUT2D eigenvalue weighted by Gasteiger charge is 2.12. The average Bonchev–Trinajstić information content (AvgIpc) is 2.74. The van der Waals surface area contributed by atoms with Gasteiger partial charge in [0.15, 0.2) is 0 Å². The summed E-state index contributed by atoms with van der Waals surface area (Å²) in [7, 11) is 0. The van der Waals surface area contributed by atoms with E-state index in [4.69, 9.17) is 9.47 Å². The van der Waals surface area contributed by atoms with Gasteiger partial charge in [-0.15, -0.1) is 0 Å². The predicted molar refractivity (Wildman–Crippen MR) is 117 cm³/mol. The highest BCUT2D eigenvalue weighted by molar-refractivity contribution is 5.88. The van der Waals surface area contributed by atoms with Crippen molar-refractivity contribution in [3.05, 3.63) is 129 Å². The van der Waals surface area contributed by atoms with Gasteiger partial charge in [0.1, 0.15) is 23.0 Å². The number of carboxylic acids is 1. The standard InChI is InChI=1S/C22H20N2O8/c1-5-7-19(11-9-16(4)24(29)30)32-21-13-17(22(25)26)12-20(14-21)31-18(6-2)10-8-15(3)23(27)28/h5-14H,1,3-4H2,2H3,(H,25,26)/b10-8-,11-9-,18-6+,19-7+. The van der Waals surface area contributed by atoms with Gasteiger partial charge < -0.3 is 14.6 Å². The van der Waals surface area contributed by atoms with Crippen molar-refractivity contribution in [3.63, 3.8) is 0 Å². The van der Waals surface area contributed by atoms with Crippen LogP contribution in [0.2, 0.25) is 0 Å². The van der Waals surface area contributed by atoms with Crippen LogP contribution in [0.5, 0.6) is 11.5 Å². The molecule has 1 aromatic rings. The first-order valence-corrected chi connectivity index (χ1v) is 8.83. The third kappa shape index (κ3) is 8.33. The second kappa shape index (κ2) is 12.1. The Morgan fingerprint density at radius 2 is 1.41 bits per heavy atom. The molecule has 10 nitrogen and oxygen atoms in total. The first kappa shape index (κ1) is 25.3. The second-order valence-electron chi connectivity index (χ2n) is 5.86. The molecule has 0 saturated carbocycles. The zero-order valence-corrected chi connectivity index (χ0v) is 17.1. The molecule has 32 heavy (non-hydrogen) atoms. The van der Waals surface area contributed by atoms with Crippen LogP contribution in [0.4, 0.5) is 0 Å². The van der Waals surface area contributed by atoms with Crippen LogP contribution in [-0.4, -0.2) is 20.9 Å². The number of nitro groups is 2. The van der Waals surface area contributed by atoms with Crippen LogP contribution in [0.25, 0.3) is 0 Å². The third-order valence-corrected chi connectivity index (χ3v) is 3.51. The van der Waals surface area contributed by atoms with Crippen LogP contribution in [0.1, 0.15) is 17.3 Å². The number of nitrogens with zero attached hydrogens (tertiary/aromatic N) is 2. The largest absolute Gasteiger partial charge is 0.478 e. The van der Waals surface area contributed by atoms with Crippen molar-refractivity contribution in [1.82, 2.24) is 0 Å². The van der Waals surface area contributed by atoms with E-state index >= 15 is 0 Å². The minimum atomic E-state index is -1.26. The Bertz CT molecular complexity index is 1080. The van der Waals surface area contributed by atoms with Crippen molar-refractivity contribution in [2.45, 2.75) is 6.92 Å². The number of hydrogen-bond acceptors (Lipinski definition) is 7. The Hall–Kier alpha value is -4.73. The summed E-state index contributed by atoms with van der Waals surface area (Å²) in [5.74, 6) is -0.832. The van der Waals surface area contributed by atoms with Crippen molar-refractivity contribution in [2.24, 2.45) is 0 Å². The highest BCUT2D eigenvalue weighted by Crippen LogP contribution is 2.27. The van der Waals surface area contributed by atoms with E-state index in [1.807, 2.05) is 0 Å². The van der Waals surface area contributed by atoms with Crippen molar-refractivity contribution >= 4 is 5.97 Å². The molecule has 0 saturated heterocycles. The quantitative estimate of drug-likeness (QED) is 0.211. The topological polar surface area (TPSA) is 142 Å². The van der Waals surface area contributed by atoms with Gasteiger partial charge in [0.05, 0.1) is 15.4 Å². The number of rotatable bonds is 12. The summed E-state index contributed by atoms with van der Waals surface area (Å²) in [4.78, 5) is 31.5. The smallest absolute Gasteiger partial charge is 0.335 e. The molecule has 0 aliphatic heterocycles. The maximum atomic E-state index is 11.5. The van der Waals surface area contributed by atoms with Gasteiger partial charge in [0.2, 0.25) is 0 Å². The second-order valence-corrected chi connectivity index (χ2v) is 5.86. The van der Waals surface area contributed by atoms with E-state index in [1.165, 1.54) is 48.6 Å². The molecule has 0 amide bonds. The maximum absolute atomic E-state index is 11.5. The lowest BCUT2D eigenvalue weighted by Gasteiger charge is -2.11. The minimum Gasteiger partial charge on any atom is -0.478 e. The fourth-order valence-electron chi connectivity index (χ4n) is 1.99. The van der Waals surface area contributed by atoms with Gasteiger partial charge in [0.25, 0.3) is 11.4 Å². The molecule has 0 atom stereocenters. The summed E-state index contributed by atoms with van der Waals surface area (Å²) < 4.78 is 11.2. The summed E-state index contributed by atoms with van der Waals surface area (Å²) >= 11 is 0. The molecule has 0 heterocycles. The third-order valence-electron chi connectivity index (χ3n) is 3.51. The SMILES string of the molecule is C=C/C=C(\C=C/C(=C)[N+](=O)[O-])Oc1cc(OC(/C=C\C(=C)[N+](=O)[O-])=C/C)cc(C(=O)O)c1. The van der Waals surface area contributed by atoms with Gasteiger partial charge in [0, 0.05) is 18.2 Å². The zero-order chi connectivity index (χ0) is 24.3. The van der Waals surface area contributed by atoms with Crippen LogP contribution in [-0.2, 0) is 0 Å². The van der Waals surface area contributed by atoms with Crippen LogP contribution in [0, 0.1) is 20.2 Å². The number of carboxylic acid groups (broad SMARTS) is 1. The first-order valence-electron chi connectivity index (χ1n) is 8.83. The van der Waals surface area contributed by atoms with Crippen LogP contribution >= 0.6 is 0 Å². The molecule has 0 aliphatic rings. The summed E-state index contributed by atoms with van der Waals surface area (Å²) in [5.41, 5.74) is -0.908. The molecule has 0 aliphatic carbocycles. The van der Waals surface area contributed by atoms with E-state index in [0.29, 0.717) is 0 Å². The number of allylic oxidation sites excluding steroid dienone is 7. The van der Waals surface area contributed by atoms with Gasteiger partial charge in [-0.1, -0.05) is 12.7 Å². The molecule has 0 fully saturated rings. The molecule has 1 rings (SSSR count). The molecule has 166 valence electrons. The summed E-state index contributed by atoms with van der Waals surface area (Å²) in [6, 6.07) is 3.83. The van der Waals surface area contributed by atoms with Crippen LogP contribution in [0.3, 0.4) is 0 Å². The summed E-state index contributed by atoms with van der Waals surface area (Å²) in [6.45, 7) is 11.7. The number of hydrogen-bond donors (Lipinski definition) is 1. The maximum Gasteiger partial charge on any atom is 0.335 e. The van der Waals surface area contributed by atoms with E-state index in [-0.39, 0.29) is 40.0 Å². The molecule has 0 radical (unpaired) electrons. The van der Waals surface area contributed by atoms with Crippen LogP contribution in [0.15, 0.2) is 103 Å². The Balaban J connectivity index is 3.25. The Labute approximate surface area is 183 Å².